The molecule has 1 fully saturated rings. The molecule has 1 unspecified atom stereocenters. The predicted octanol–water partition coefficient (Wildman–Crippen LogP) is 3.24. The molecule has 8 heteroatoms. The van der Waals surface area contributed by atoms with Gasteiger partial charge in [0.15, 0.2) is 0 Å². The van der Waals surface area contributed by atoms with Gasteiger partial charge in [0.1, 0.15) is 0 Å². The zero-order chi connectivity index (χ0) is 21.0. The summed E-state index contributed by atoms with van der Waals surface area (Å²) >= 11 is 6.03. The zero-order valence-electron chi connectivity index (χ0n) is 17.2. The average Bonchev–Trinajstić information content (AvgIpc) is 3.13. The maximum Gasteiger partial charge on any atom is 0.317 e. The Bertz CT molecular complexity index is 869. The number of fused-ring (bicyclic) bond motifs is 1. The van der Waals surface area contributed by atoms with Crippen LogP contribution in [0.25, 0.3) is 10.9 Å². The van der Waals surface area contributed by atoms with Gasteiger partial charge in [0.25, 0.3) is 0 Å². The quantitative estimate of drug-likeness (QED) is 0.753. The van der Waals surface area contributed by atoms with Crippen LogP contribution in [0.4, 0.5) is 4.79 Å². The number of methoxy groups -OCH3 is 1. The summed E-state index contributed by atoms with van der Waals surface area (Å²) in [6, 6.07) is 7.49. The zero-order valence-corrected chi connectivity index (χ0v) is 18.0. The van der Waals surface area contributed by atoms with Gasteiger partial charge < -0.3 is 24.8 Å². The molecular formula is C21H29ClN4O3. The van der Waals surface area contributed by atoms with Crippen LogP contribution in [-0.4, -0.2) is 66.6 Å². The lowest BCUT2D eigenvalue weighted by Crippen LogP contribution is -2.53. The number of hydrogen-bond acceptors (Lipinski definition) is 3. The first-order chi connectivity index (χ1) is 13.9. The number of carbonyl (C=O) groups is 2. The number of H-pyrrole nitrogens is 1. The van der Waals surface area contributed by atoms with E-state index >= 15 is 0 Å². The van der Waals surface area contributed by atoms with Gasteiger partial charge in [0, 0.05) is 48.9 Å². The fraction of sp³-hybridized carbons (Fsp3) is 0.524. The van der Waals surface area contributed by atoms with E-state index in [1.54, 1.807) is 19.1 Å². The van der Waals surface area contributed by atoms with E-state index in [1.807, 2.05) is 36.1 Å². The molecule has 0 bridgehead atoms. The molecule has 2 atom stereocenters. The van der Waals surface area contributed by atoms with Crippen molar-refractivity contribution in [3.8, 4) is 0 Å². The van der Waals surface area contributed by atoms with Crippen molar-refractivity contribution >= 4 is 34.4 Å². The Balaban J connectivity index is 1.55. The molecule has 1 aliphatic rings. The highest BCUT2D eigenvalue weighted by molar-refractivity contribution is 6.31. The van der Waals surface area contributed by atoms with Crippen molar-refractivity contribution in [1.29, 1.82) is 0 Å². The fourth-order valence-electron chi connectivity index (χ4n) is 3.82. The predicted molar refractivity (Wildman–Crippen MR) is 114 cm³/mol. The second kappa shape index (κ2) is 9.50. The fourth-order valence-corrected chi connectivity index (χ4v) is 4.00. The molecule has 158 valence electrons. The summed E-state index contributed by atoms with van der Waals surface area (Å²) < 4.78 is 5.10. The number of amides is 3. The number of halogens is 1. The first kappa shape index (κ1) is 21.5. The van der Waals surface area contributed by atoms with Crippen LogP contribution in [0.5, 0.6) is 0 Å². The van der Waals surface area contributed by atoms with Gasteiger partial charge in [-0.1, -0.05) is 18.5 Å². The van der Waals surface area contributed by atoms with Gasteiger partial charge in [-0.05, 0) is 37.1 Å². The second-order valence-corrected chi connectivity index (χ2v) is 8.17. The Morgan fingerprint density at radius 1 is 1.41 bits per heavy atom. The third-order valence-electron chi connectivity index (χ3n) is 5.48. The van der Waals surface area contributed by atoms with Crippen molar-refractivity contribution in [3.05, 3.63) is 35.0 Å². The number of likely N-dealkylation sites (N-methyl/N-ethyl adjacent to an activating group) is 1. The molecule has 0 spiro atoms. The molecule has 2 heterocycles. The van der Waals surface area contributed by atoms with Crippen molar-refractivity contribution in [2.75, 3.05) is 33.9 Å². The lowest BCUT2D eigenvalue weighted by atomic mass is 10.0. The van der Waals surface area contributed by atoms with Gasteiger partial charge in [0.2, 0.25) is 5.91 Å². The van der Waals surface area contributed by atoms with Gasteiger partial charge in [-0.15, -0.1) is 0 Å². The molecular weight excluding hydrogens is 392 g/mol. The SMILES string of the molecule is COCC(C)C(=O)N1CCC[C@@H](N(C)C(=O)NCc2cc3cc(Cl)ccc3[nH]2)C1. The largest absolute Gasteiger partial charge is 0.384 e. The number of nitrogens with one attached hydrogen (secondary N) is 2. The van der Waals surface area contributed by atoms with Gasteiger partial charge in [-0.2, -0.15) is 0 Å². The Hall–Kier alpha value is -2.25. The lowest BCUT2D eigenvalue weighted by Gasteiger charge is -2.38. The lowest BCUT2D eigenvalue weighted by molar-refractivity contribution is -0.138. The number of aromatic nitrogens is 1. The van der Waals surface area contributed by atoms with Gasteiger partial charge in [-0.25, -0.2) is 4.79 Å². The van der Waals surface area contributed by atoms with Gasteiger partial charge in [-0.3, -0.25) is 4.79 Å². The third-order valence-corrected chi connectivity index (χ3v) is 5.72. The Morgan fingerprint density at radius 3 is 2.97 bits per heavy atom. The minimum atomic E-state index is -0.173. The Labute approximate surface area is 176 Å². The van der Waals surface area contributed by atoms with E-state index in [9.17, 15) is 9.59 Å². The summed E-state index contributed by atoms with van der Waals surface area (Å²) in [5.74, 6) is -0.0875. The Kier molecular flexibility index (Phi) is 7.03. The van der Waals surface area contributed by atoms with Crippen LogP contribution in [-0.2, 0) is 16.1 Å². The average molecular weight is 421 g/mol. The van der Waals surface area contributed by atoms with Crippen molar-refractivity contribution in [3.63, 3.8) is 0 Å². The van der Waals surface area contributed by atoms with E-state index in [0.717, 1.165) is 36.0 Å². The summed E-state index contributed by atoms with van der Waals surface area (Å²) in [6.07, 6.45) is 1.77. The second-order valence-electron chi connectivity index (χ2n) is 7.73. The highest BCUT2D eigenvalue weighted by Crippen LogP contribution is 2.20. The molecule has 2 aromatic rings. The van der Waals surface area contributed by atoms with Gasteiger partial charge >= 0.3 is 6.03 Å². The number of hydrogen-bond donors (Lipinski definition) is 2. The summed E-state index contributed by atoms with van der Waals surface area (Å²) in [5, 5.41) is 4.66. The monoisotopic (exact) mass is 420 g/mol. The molecule has 2 N–H and O–H groups in total. The number of urea groups is 1. The number of aromatic amines is 1. The molecule has 0 aliphatic carbocycles. The number of rotatable bonds is 6. The van der Waals surface area contributed by atoms with E-state index in [-0.39, 0.29) is 23.9 Å². The molecule has 1 aromatic heterocycles. The number of piperidine rings is 1. The molecule has 1 aromatic carbocycles. The van der Waals surface area contributed by atoms with Crippen LogP contribution in [0, 0.1) is 5.92 Å². The standard InChI is InChI=1S/C21H29ClN4O3/c1-14(13-29-3)20(27)26-8-4-5-18(12-26)25(2)21(28)23-11-17-10-15-9-16(22)6-7-19(15)24-17/h6-7,9-10,14,18,24H,4-5,8,11-13H2,1-3H3,(H,23,28)/t14?,18-/m1/s1. The summed E-state index contributed by atoms with van der Waals surface area (Å²) in [5.41, 5.74) is 1.90. The van der Waals surface area contributed by atoms with E-state index < -0.39 is 0 Å². The van der Waals surface area contributed by atoms with Crippen LogP contribution in [0.1, 0.15) is 25.5 Å². The first-order valence-corrected chi connectivity index (χ1v) is 10.3. The highest BCUT2D eigenvalue weighted by Gasteiger charge is 2.30. The molecule has 29 heavy (non-hydrogen) atoms. The molecule has 0 radical (unpaired) electrons. The first-order valence-electron chi connectivity index (χ1n) is 9.94. The molecule has 7 nitrogen and oxygen atoms in total. The van der Waals surface area contributed by atoms with Crippen LogP contribution in [0.3, 0.4) is 0 Å². The highest BCUT2D eigenvalue weighted by atomic mass is 35.5. The molecule has 3 rings (SSSR count). The summed E-state index contributed by atoms with van der Waals surface area (Å²) in [6.45, 7) is 3.97. The van der Waals surface area contributed by atoms with E-state index in [0.29, 0.717) is 24.7 Å². The smallest absolute Gasteiger partial charge is 0.317 e. The van der Waals surface area contributed by atoms with Crippen LogP contribution >= 0.6 is 11.6 Å². The van der Waals surface area contributed by atoms with Crippen molar-refractivity contribution in [2.24, 2.45) is 5.92 Å². The third kappa shape index (κ3) is 5.22. The number of benzene rings is 1. The van der Waals surface area contributed by atoms with Crippen LogP contribution in [0.2, 0.25) is 5.02 Å². The van der Waals surface area contributed by atoms with Crippen molar-refractivity contribution < 1.29 is 14.3 Å². The number of ether oxygens (including phenoxy) is 1. The molecule has 1 aliphatic heterocycles. The van der Waals surface area contributed by atoms with E-state index in [2.05, 4.69) is 10.3 Å². The maximum atomic E-state index is 12.7. The number of carbonyl (C=O) groups excluding carboxylic acids is 2. The van der Waals surface area contributed by atoms with Crippen molar-refractivity contribution in [2.45, 2.75) is 32.4 Å². The number of nitrogens with zero attached hydrogens (tertiary/aromatic N) is 2. The molecule has 0 saturated carbocycles. The van der Waals surface area contributed by atoms with Gasteiger partial charge in [0.05, 0.1) is 25.1 Å². The summed E-state index contributed by atoms with van der Waals surface area (Å²) in [4.78, 5) is 32.1. The minimum absolute atomic E-state index is 0.00367. The summed E-state index contributed by atoms with van der Waals surface area (Å²) in [7, 11) is 3.39. The topological polar surface area (TPSA) is 77.7 Å². The van der Waals surface area contributed by atoms with Crippen molar-refractivity contribution in [1.82, 2.24) is 20.1 Å². The minimum Gasteiger partial charge on any atom is -0.384 e. The maximum absolute atomic E-state index is 12.7. The normalized spacial score (nSPS) is 17.9. The van der Waals surface area contributed by atoms with E-state index in [1.165, 1.54) is 0 Å². The molecule has 3 amide bonds. The molecule has 1 saturated heterocycles. The Morgan fingerprint density at radius 2 is 2.21 bits per heavy atom. The number of likely N-dealkylation sites (tertiary alicyclic amines) is 1. The van der Waals surface area contributed by atoms with Crippen LogP contribution < -0.4 is 5.32 Å². The van der Waals surface area contributed by atoms with E-state index in [4.69, 9.17) is 16.3 Å². The van der Waals surface area contributed by atoms with Crippen LogP contribution in [0.15, 0.2) is 24.3 Å².